The summed E-state index contributed by atoms with van der Waals surface area (Å²) in [6.07, 6.45) is 3.09. The van der Waals surface area contributed by atoms with Gasteiger partial charge in [-0.05, 0) is 25.8 Å². The van der Waals surface area contributed by atoms with Gasteiger partial charge in [-0.2, -0.15) is 5.10 Å². The number of rotatable bonds is 9. The van der Waals surface area contributed by atoms with Crippen molar-refractivity contribution in [3.8, 4) is 0 Å². The minimum absolute atomic E-state index is 0.0813. The number of nitrogens with zero attached hydrogens (tertiary/aromatic N) is 2. The Kier molecular flexibility index (Phi) is 7.48. The van der Waals surface area contributed by atoms with E-state index in [1.165, 1.54) is 12.4 Å². The monoisotopic (exact) mass is 423 g/mol. The number of esters is 2. The third-order valence-electron chi connectivity index (χ3n) is 3.67. The number of nitrogens with one attached hydrogen (secondary N) is 1. The molecule has 0 saturated heterocycles. The maximum absolute atomic E-state index is 12.5. The summed E-state index contributed by atoms with van der Waals surface area (Å²) in [5.41, 5.74) is 0.534. The average Bonchev–Trinajstić information content (AvgIpc) is 3.24. The summed E-state index contributed by atoms with van der Waals surface area (Å²) >= 11 is 0.908. The minimum Gasteiger partial charge on any atom is -0.480 e. The molecular weight excluding hydrogens is 402 g/mol. The van der Waals surface area contributed by atoms with Crippen LogP contribution in [0.25, 0.3) is 0 Å². The molecule has 2 aromatic heterocycles. The number of carboxylic acids is 1. The number of carbonyl (C=O) groups excluding carboxylic acids is 3. The van der Waals surface area contributed by atoms with E-state index in [0.29, 0.717) is 12.0 Å². The second-order valence-corrected chi connectivity index (χ2v) is 6.91. The van der Waals surface area contributed by atoms with Crippen molar-refractivity contribution in [2.75, 3.05) is 18.5 Å². The summed E-state index contributed by atoms with van der Waals surface area (Å²) in [5, 5.41) is 15.3. The van der Waals surface area contributed by atoms with Crippen LogP contribution in [0, 0.1) is 6.92 Å². The Morgan fingerprint density at radius 3 is 2.55 bits per heavy atom. The van der Waals surface area contributed by atoms with Crippen LogP contribution >= 0.6 is 11.3 Å². The molecule has 0 bridgehead atoms. The molecule has 2 aromatic rings. The molecule has 11 heteroatoms. The van der Waals surface area contributed by atoms with E-state index >= 15 is 0 Å². The molecule has 2 rings (SSSR count). The lowest BCUT2D eigenvalue weighted by Crippen LogP contribution is -2.15. The Labute approximate surface area is 170 Å². The maximum atomic E-state index is 12.5. The number of carboxylic acid groups (broad SMARTS) is 1. The van der Waals surface area contributed by atoms with Crippen LogP contribution in [0.5, 0.6) is 0 Å². The van der Waals surface area contributed by atoms with E-state index in [9.17, 15) is 19.2 Å². The Bertz CT molecular complexity index is 932. The first-order valence-corrected chi connectivity index (χ1v) is 9.63. The Morgan fingerprint density at radius 1 is 1.21 bits per heavy atom. The van der Waals surface area contributed by atoms with Crippen molar-refractivity contribution in [1.29, 1.82) is 0 Å². The summed E-state index contributed by atoms with van der Waals surface area (Å²) in [6, 6.07) is 0. The summed E-state index contributed by atoms with van der Waals surface area (Å²) in [5.74, 6) is -2.97. The number of carbonyl (C=O) groups is 4. The molecule has 0 aliphatic heterocycles. The molecule has 2 heterocycles. The Morgan fingerprint density at radius 2 is 1.93 bits per heavy atom. The smallest absolute Gasteiger partial charge is 0.348 e. The molecule has 0 aliphatic carbocycles. The van der Waals surface area contributed by atoms with E-state index in [-0.39, 0.29) is 34.2 Å². The first kappa shape index (κ1) is 22.1. The number of aliphatic carboxylic acids is 1. The predicted molar refractivity (Wildman–Crippen MR) is 103 cm³/mol. The van der Waals surface area contributed by atoms with E-state index < -0.39 is 30.4 Å². The summed E-state index contributed by atoms with van der Waals surface area (Å²) in [7, 11) is 0. The van der Waals surface area contributed by atoms with Gasteiger partial charge in [-0.3, -0.25) is 14.3 Å². The second-order valence-electron chi connectivity index (χ2n) is 5.89. The van der Waals surface area contributed by atoms with Crippen LogP contribution in [0.3, 0.4) is 0 Å². The van der Waals surface area contributed by atoms with Gasteiger partial charge in [0.15, 0.2) is 0 Å². The van der Waals surface area contributed by atoms with Gasteiger partial charge in [0.25, 0.3) is 5.91 Å². The molecule has 1 amide bonds. The van der Waals surface area contributed by atoms with Crippen LogP contribution in [-0.4, -0.2) is 51.9 Å². The van der Waals surface area contributed by atoms with Crippen molar-refractivity contribution < 1.29 is 33.8 Å². The molecule has 156 valence electrons. The van der Waals surface area contributed by atoms with Crippen LogP contribution < -0.4 is 5.32 Å². The van der Waals surface area contributed by atoms with Crippen LogP contribution in [0.15, 0.2) is 12.4 Å². The SMILES string of the molecule is CCCOC(=O)c1c(NC(=O)c2cnn(CC(=O)O)c2)sc(C(=O)OCC)c1C. The highest BCUT2D eigenvalue weighted by atomic mass is 32.1. The van der Waals surface area contributed by atoms with Gasteiger partial charge in [0.1, 0.15) is 16.4 Å². The zero-order valence-electron chi connectivity index (χ0n) is 16.2. The lowest BCUT2D eigenvalue weighted by Gasteiger charge is -2.07. The standard InChI is InChI=1S/C18H21N3O7S/c1-4-6-28-17(25)13-10(3)14(18(26)27-5-2)29-16(13)20-15(24)11-7-19-21(8-11)9-12(22)23/h7-8H,4-6,9H2,1-3H3,(H,20,24)(H,22,23). The molecule has 0 aliphatic rings. The number of ether oxygens (including phenoxy) is 2. The highest BCUT2D eigenvalue weighted by Crippen LogP contribution is 2.34. The zero-order valence-corrected chi connectivity index (χ0v) is 17.0. The number of thiophene rings is 1. The lowest BCUT2D eigenvalue weighted by molar-refractivity contribution is -0.137. The normalized spacial score (nSPS) is 10.4. The van der Waals surface area contributed by atoms with E-state index in [1.807, 2.05) is 6.92 Å². The molecule has 0 atom stereocenters. The fourth-order valence-corrected chi connectivity index (χ4v) is 3.47. The van der Waals surface area contributed by atoms with Crippen molar-refractivity contribution >= 4 is 40.2 Å². The number of hydrogen-bond donors (Lipinski definition) is 2. The van der Waals surface area contributed by atoms with Gasteiger partial charge >= 0.3 is 17.9 Å². The van der Waals surface area contributed by atoms with E-state index in [4.69, 9.17) is 14.6 Å². The van der Waals surface area contributed by atoms with Crippen molar-refractivity contribution in [1.82, 2.24) is 9.78 Å². The first-order chi connectivity index (χ1) is 13.8. The molecule has 0 saturated carbocycles. The van der Waals surface area contributed by atoms with Crippen LogP contribution in [0.2, 0.25) is 0 Å². The number of amides is 1. The Hall–Kier alpha value is -3.21. The fourth-order valence-electron chi connectivity index (χ4n) is 2.39. The molecule has 29 heavy (non-hydrogen) atoms. The van der Waals surface area contributed by atoms with Crippen LogP contribution in [0.1, 0.15) is 56.2 Å². The first-order valence-electron chi connectivity index (χ1n) is 8.81. The predicted octanol–water partition coefficient (Wildman–Crippen LogP) is 2.33. The third-order valence-corrected chi connectivity index (χ3v) is 4.86. The van der Waals surface area contributed by atoms with Crippen LogP contribution in [-0.2, 0) is 20.8 Å². The number of hydrogen-bond acceptors (Lipinski definition) is 8. The summed E-state index contributed by atoms with van der Waals surface area (Å²) in [4.78, 5) is 48.1. The second kappa shape index (κ2) is 9.82. The molecule has 0 spiro atoms. The highest BCUT2D eigenvalue weighted by molar-refractivity contribution is 7.18. The van der Waals surface area contributed by atoms with Gasteiger partial charge in [-0.25, -0.2) is 9.59 Å². The molecule has 0 fully saturated rings. The molecular formula is C18H21N3O7S. The fraction of sp³-hybridized carbons (Fsp3) is 0.389. The molecule has 0 unspecified atom stereocenters. The van der Waals surface area contributed by atoms with Gasteiger partial charge in [-0.1, -0.05) is 6.92 Å². The average molecular weight is 423 g/mol. The van der Waals surface area contributed by atoms with Gasteiger partial charge in [-0.15, -0.1) is 11.3 Å². The maximum Gasteiger partial charge on any atom is 0.348 e. The molecule has 0 aromatic carbocycles. The van der Waals surface area contributed by atoms with Crippen molar-refractivity contribution in [2.45, 2.75) is 33.7 Å². The van der Waals surface area contributed by atoms with E-state index in [0.717, 1.165) is 16.0 Å². The van der Waals surface area contributed by atoms with E-state index in [2.05, 4.69) is 10.4 Å². The summed E-state index contributed by atoms with van der Waals surface area (Å²) < 4.78 is 11.3. The topological polar surface area (TPSA) is 137 Å². The number of anilines is 1. The van der Waals surface area contributed by atoms with E-state index in [1.54, 1.807) is 13.8 Å². The van der Waals surface area contributed by atoms with Gasteiger partial charge in [0.2, 0.25) is 0 Å². The Balaban J connectivity index is 2.33. The third kappa shape index (κ3) is 5.41. The van der Waals surface area contributed by atoms with Crippen LogP contribution in [0.4, 0.5) is 5.00 Å². The lowest BCUT2D eigenvalue weighted by atomic mass is 10.1. The van der Waals surface area contributed by atoms with Gasteiger partial charge in [0, 0.05) is 6.20 Å². The number of aromatic nitrogens is 2. The van der Waals surface area contributed by atoms with Gasteiger partial charge in [0.05, 0.1) is 30.5 Å². The van der Waals surface area contributed by atoms with Gasteiger partial charge < -0.3 is 19.9 Å². The minimum atomic E-state index is -1.10. The zero-order chi connectivity index (χ0) is 21.6. The molecule has 10 nitrogen and oxygen atoms in total. The highest BCUT2D eigenvalue weighted by Gasteiger charge is 2.27. The molecule has 2 N–H and O–H groups in total. The van der Waals surface area contributed by atoms with Crippen molar-refractivity contribution in [2.24, 2.45) is 0 Å². The van der Waals surface area contributed by atoms with Crippen molar-refractivity contribution in [3.63, 3.8) is 0 Å². The quantitative estimate of drug-likeness (QED) is 0.586. The van der Waals surface area contributed by atoms with Crippen molar-refractivity contribution in [3.05, 3.63) is 34.0 Å². The molecule has 0 radical (unpaired) electrons. The largest absolute Gasteiger partial charge is 0.480 e. The summed E-state index contributed by atoms with van der Waals surface area (Å²) in [6.45, 7) is 5.04.